The van der Waals surface area contributed by atoms with Crippen LogP contribution in [-0.2, 0) is 18.0 Å². The lowest BCUT2D eigenvalue weighted by atomic mass is 9.94. The summed E-state index contributed by atoms with van der Waals surface area (Å²) in [5, 5.41) is 0. The molecule has 0 atom stereocenters. The Morgan fingerprint density at radius 2 is 1.36 bits per heavy atom. The minimum absolute atomic E-state index is 0.252. The summed E-state index contributed by atoms with van der Waals surface area (Å²) in [6, 6.07) is 27.9. The highest BCUT2D eigenvalue weighted by molar-refractivity contribution is 6.01. The van der Waals surface area contributed by atoms with Gasteiger partial charge >= 0.3 is 5.97 Å². The van der Waals surface area contributed by atoms with E-state index in [1.165, 1.54) is 14.2 Å². The lowest BCUT2D eigenvalue weighted by molar-refractivity contribution is 0.0601. The number of aldehydes is 1. The first-order valence-electron chi connectivity index (χ1n) is 11.4. The van der Waals surface area contributed by atoms with Crippen molar-refractivity contribution in [3.63, 3.8) is 0 Å². The Hall–Kier alpha value is -4.58. The molecule has 0 aliphatic rings. The number of benzene rings is 4. The largest absolute Gasteiger partial charge is 0.493 e. The molecule has 0 saturated heterocycles. The number of esters is 1. The van der Waals surface area contributed by atoms with E-state index in [0.29, 0.717) is 47.2 Å². The van der Waals surface area contributed by atoms with Gasteiger partial charge in [0.1, 0.15) is 19.0 Å². The molecular formula is C30H26O6. The van der Waals surface area contributed by atoms with Gasteiger partial charge in [-0.1, -0.05) is 60.7 Å². The van der Waals surface area contributed by atoms with Crippen molar-refractivity contribution in [2.24, 2.45) is 0 Å². The fourth-order valence-electron chi connectivity index (χ4n) is 3.78. The molecule has 36 heavy (non-hydrogen) atoms. The predicted molar refractivity (Wildman–Crippen MR) is 137 cm³/mol. The second-order valence-electron chi connectivity index (χ2n) is 7.96. The molecule has 4 rings (SSSR count). The first kappa shape index (κ1) is 24.5. The van der Waals surface area contributed by atoms with Crippen molar-refractivity contribution in [2.45, 2.75) is 13.2 Å². The Bertz CT molecular complexity index is 1330. The van der Waals surface area contributed by atoms with Crippen LogP contribution in [0.2, 0.25) is 0 Å². The van der Waals surface area contributed by atoms with E-state index in [-0.39, 0.29) is 5.56 Å². The summed E-state index contributed by atoms with van der Waals surface area (Å²) < 4.78 is 22.4. The zero-order valence-electron chi connectivity index (χ0n) is 20.1. The van der Waals surface area contributed by atoms with Crippen LogP contribution in [0.3, 0.4) is 0 Å². The lowest BCUT2D eigenvalue weighted by Gasteiger charge is -2.17. The number of carbonyl (C=O) groups excluding carboxylic acids is 2. The number of methoxy groups -OCH3 is 2. The van der Waals surface area contributed by atoms with Crippen LogP contribution in [0.5, 0.6) is 17.2 Å². The van der Waals surface area contributed by atoms with Gasteiger partial charge in [-0.05, 0) is 47.0 Å². The molecule has 0 saturated carbocycles. The highest BCUT2D eigenvalue weighted by Crippen LogP contribution is 2.38. The zero-order valence-corrected chi connectivity index (χ0v) is 20.1. The molecule has 4 aromatic carbocycles. The standard InChI is InChI=1S/C30H26O6/c1-33-28-17-27(30(32)34-2)26(16-29(28)36-20-22-11-7-4-8-12-22)25-14-13-24(15-23(25)18-31)35-19-21-9-5-3-6-10-21/h3-18H,19-20H2,1-2H3. The van der Waals surface area contributed by atoms with Gasteiger partial charge in [-0.25, -0.2) is 4.79 Å². The molecule has 0 aromatic heterocycles. The van der Waals surface area contributed by atoms with Crippen molar-refractivity contribution in [3.8, 4) is 28.4 Å². The van der Waals surface area contributed by atoms with Crippen LogP contribution < -0.4 is 14.2 Å². The molecule has 4 aromatic rings. The van der Waals surface area contributed by atoms with Crippen molar-refractivity contribution >= 4 is 12.3 Å². The number of hydrogen-bond acceptors (Lipinski definition) is 6. The van der Waals surface area contributed by atoms with Crippen molar-refractivity contribution in [2.75, 3.05) is 14.2 Å². The third kappa shape index (κ3) is 5.73. The van der Waals surface area contributed by atoms with E-state index < -0.39 is 5.97 Å². The number of carbonyl (C=O) groups is 2. The molecule has 0 bridgehead atoms. The minimum Gasteiger partial charge on any atom is -0.493 e. The van der Waals surface area contributed by atoms with Gasteiger partial charge in [0.25, 0.3) is 0 Å². The normalized spacial score (nSPS) is 10.4. The summed E-state index contributed by atoms with van der Waals surface area (Å²) in [4.78, 5) is 24.7. The van der Waals surface area contributed by atoms with Gasteiger partial charge < -0.3 is 18.9 Å². The first-order chi connectivity index (χ1) is 17.6. The molecule has 0 N–H and O–H groups in total. The highest BCUT2D eigenvalue weighted by Gasteiger charge is 2.21. The van der Waals surface area contributed by atoms with Crippen LogP contribution in [0.4, 0.5) is 0 Å². The number of hydrogen-bond donors (Lipinski definition) is 0. The molecule has 182 valence electrons. The molecule has 6 nitrogen and oxygen atoms in total. The fraction of sp³-hybridized carbons (Fsp3) is 0.133. The van der Waals surface area contributed by atoms with E-state index in [1.807, 2.05) is 60.7 Å². The summed E-state index contributed by atoms with van der Waals surface area (Å²) in [5.74, 6) is 0.799. The SMILES string of the molecule is COC(=O)c1cc(OC)c(OCc2ccccc2)cc1-c1ccc(OCc2ccccc2)cc1C=O. The molecule has 0 heterocycles. The monoisotopic (exact) mass is 482 g/mol. The average molecular weight is 483 g/mol. The molecule has 6 heteroatoms. The van der Waals surface area contributed by atoms with Crippen molar-refractivity contribution in [1.29, 1.82) is 0 Å². The van der Waals surface area contributed by atoms with E-state index >= 15 is 0 Å². The third-order valence-electron chi connectivity index (χ3n) is 5.63. The summed E-state index contributed by atoms with van der Waals surface area (Å²) in [7, 11) is 2.81. The summed E-state index contributed by atoms with van der Waals surface area (Å²) >= 11 is 0. The van der Waals surface area contributed by atoms with Gasteiger partial charge in [-0.3, -0.25) is 4.79 Å². The highest BCUT2D eigenvalue weighted by atomic mass is 16.5. The van der Waals surface area contributed by atoms with E-state index in [1.54, 1.807) is 30.3 Å². The van der Waals surface area contributed by atoms with Crippen LogP contribution >= 0.6 is 0 Å². The number of ether oxygens (including phenoxy) is 4. The lowest BCUT2D eigenvalue weighted by Crippen LogP contribution is -2.07. The molecule has 0 radical (unpaired) electrons. The maximum Gasteiger partial charge on any atom is 0.338 e. The van der Waals surface area contributed by atoms with E-state index in [4.69, 9.17) is 18.9 Å². The molecular weight excluding hydrogens is 456 g/mol. The first-order valence-corrected chi connectivity index (χ1v) is 11.4. The Kier molecular flexibility index (Phi) is 7.98. The summed E-state index contributed by atoms with van der Waals surface area (Å²) in [5.41, 5.74) is 3.64. The van der Waals surface area contributed by atoms with Gasteiger partial charge in [0.05, 0.1) is 19.8 Å². The topological polar surface area (TPSA) is 71.1 Å². The van der Waals surface area contributed by atoms with Crippen LogP contribution in [-0.4, -0.2) is 26.5 Å². The molecule has 0 unspecified atom stereocenters. The quantitative estimate of drug-likeness (QED) is 0.200. The van der Waals surface area contributed by atoms with Gasteiger partial charge in [0.15, 0.2) is 17.8 Å². The summed E-state index contributed by atoms with van der Waals surface area (Å²) in [6.45, 7) is 0.674. The number of rotatable bonds is 10. The van der Waals surface area contributed by atoms with E-state index in [0.717, 1.165) is 17.4 Å². The van der Waals surface area contributed by atoms with Crippen LogP contribution in [0.1, 0.15) is 31.8 Å². The van der Waals surface area contributed by atoms with Crippen molar-refractivity contribution < 1.29 is 28.5 Å². The molecule has 0 aliphatic heterocycles. The maximum atomic E-state index is 12.7. The van der Waals surface area contributed by atoms with Gasteiger partial charge in [-0.2, -0.15) is 0 Å². The predicted octanol–water partition coefficient (Wildman–Crippen LogP) is 6.12. The van der Waals surface area contributed by atoms with E-state index in [9.17, 15) is 9.59 Å². The molecule has 0 fully saturated rings. The summed E-state index contributed by atoms with van der Waals surface area (Å²) in [6.07, 6.45) is 0.737. The Morgan fingerprint density at radius 1 is 0.722 bits per heavy atom. The van der Waals surface area contributed by atoms with Crippen LogP contribution in [0, 0.1) is 0 Å². The molecule has 0 spiro atoms. The van der Waals surface area contributed by atoms with Gasteiger partial charge in [0, 0.05) is 11.1 Å². The van der Waals surface area contributed by atoms with E-state index in [2.05, 4.69) is 0 Å². The molecule has 0 amide bonds. The zero-order chi connectivity index (χ0) is 25.3. The van der Waals surface area contributed by atoms with Gasteiger partial charge in [-0.15, -0.1) is 0 Å². The molecule has 0 aliphatic carbocycles. The third-order valence-corrected chi connectivity index (χ3v) is 5.63. The van der Waals surface area contributed by atoms with Crippen LogP contribution in [0.25, 0.3) is 11.1 Å². The second-order valence-corrected chi connectivity index (χ2v) is 7.96. The van der Waals surface area contributed by atoms with Gasteiger partial charge in [0.2, 0.25) is 0 Å². The Balaban J connectivity index is 1.70. The Labute approximate surface area is 210 Å². The fourth-order valence-corrected chi connectivity index (χ4v) is 3.78. The van der Waals surface area contributed by atoms with Crippen molar-refractivity contribution in [3.05, 3.63) is 113 Å². The van der Waals surface area contributed by atoms with Crippen molar-refractivity contribution in [1.82, 2.24) is 0 Å². The minimum atomic E-state index is -0.556. The van der Waals surface area contributed by atoms with Crippen LogP contribution in [0.15, 0.2) is 91.0 Å². The second kappa shape index (κ2) is 11.7. The smallest absolute Gasteiger partial charge is 0.338 e. The maximum absolute atomic E-state index is 12.7. The Morgan fingerprint density at radius 3 is 1.94 bits per heavy atom. The average Bonchev–Trinajstić information content (AvgIpc) is 2.95.